The standard InChI is InChI=1S/C18H22N4O5S2/c1-4-22(5-2)29(26,27)14-8-6-13(7-9-14)16(24)19-18-15(10-11-28-18)17(25)21-20-12(3)23/h6-11H,4-5H2,1-3H3,(H,19,24)(H,20,23)(H,21,25). The molecule has 0 atom stereocenters. The molecule has 1 heterocycles. The first-order chi connectivity index (χ1) is 13.7. The van der Waals surface area contributed by atoms with E-state index in [1.165, 1.54) is 41.6 Å². The summed E-state index contributed by atoms with van der Waals surface area (Å²) in [5.74, 6) is -1.50. The lowest BCUT2D eigenvalue weighted by atomic mass is 10.2. The van der Waals surface area contributed by atoms with Crippen molar-refractivity contribution in [3.63, 3.8) is 0 Å². The first-order valence-corrected chi connectivity index (χ1v) is 11.1. The van der Waals surface area contributed by atoms with Crippen LogP contribution in [0.25, 0.3) is 0 Å². The summed E-state index contributed by atoms with van der Waals surface area (Å²) >= 11 is 1.14. The Bertz CT molecular complexity index is 996. The molecule has 9 nitrogen and oxygen atoms in total. The first-order valence-electron chi connectivity index (χ1n) is 8.76. The quantitative estimate of drug-likeness (QED) is 0.569. The van der Waals surface area contributed by atoms with Gasteiger partial charge in [0.1, 0.15) is 5.00 Å². The second-order valence-corrected chi connectivity index (χ2v) is 8.72. The third-order valence-electron chi connectivity index (χ3n) is 3.95. The summed E-state index contributed by atoms with van der Waals surface area (Å²) in [6.07, 6.45) is 0. The van der Waals surface area contributed by atoms with Gasteiger partial charge in [0, 0.05) is 25.6 Å². The van der Waals surface area contributed by atoms with Gasteiger partial charge in [0.2, 0.25) is 15.9 Å². The molecule has 29 heavy (non-hydrogen) atoms. The van der Waals surface area contributed by atoms with Gasteiger partial charge in [-0.2, -0.15) is 4.31 Å². The third kappa shape index (κ3) is 5.40. The maximum Gasteiger partial charge on any atom is 0.272 e. The lowest BCUT2D eigenvalue weighted by Crippen LogP contribution is -2.40. The van der Waals surface area contributed by atoms with E-state index in [4.69, 9.17) is 0 Å². The molecule has 0 unspecified atom stereocenters. The van der Waals surface area contributed by atoms with Gasteiger partial charge in [-0.05, 0) is 35.7 Å². The van der Waals surface area contributed by atoms with Crippen molar-refractivity contribution in [2.45, 2.75) is 25.7 Å². The molecule has 2 rings (SSSR count). The van der Waals surface area contributed by atoms with E-state index >= 15 is 0 Å². The fourth-order valence-electron chi connectivity index (χ4n) is 2.46. The number of hydrazine groups is 1. The van der Waals surface area contributed by atoms with Crippen molar-refractivity contribution < 1.29 is 22.8 Å². The Balaban J connectivity index is 2.14. The van der Waals surface area contributed by atoms with Gasteiger partial charge >= 0.3 is 0 Å². The average Bonchev–Trinajstić information content (AvgIpc) is 3.15. The molecule has 0 aliphatic heterocycles. The van der Waals surface area contributed by atoms with Gasteiger partial charge in [-0.1, -0.05) is 13.8 Å². The Labute approximate surface area is 173 Å². The molecular weight excluding hydrogens is 416 g/mol. The second-order valence-electron chi connectivity index (χ2n) is 5.87. The first kappa shape index (κ1) is 22.5. The highest BCUT2D eigenvalue weighted by atomic mass is 32.2. The van der Waals surface area contributed by atoms with E-state index < -0.39 is 27.7 Å². The van der Waals surface area contributed by atoms with Crippen LogP contribution in [0.2, 0.25) is 0 Å². The number of thiophene rings is 1. The van der Waals surface area contributed by atoms with E-state index in [0.717, 1.165) is 11.3 Å². The van der Waals surface area contributed by atoms with E-state index in [-0.39, 0.29) is 16.0 Å². The predicted molar refractivity (Wildman–Crippen MR) is 110 cm³/mol. The van der Waals surface area contributed by atoms with Gasteiger partial charge in [0.25, 0.3) is 11.8 Å². The minimum atomic E-state index is -3.61. The number of carbonyl (C=O) groups excluding carboxylic acids is 3. The molecule has 0 saturated carbocycles. The van der Waals surface area contributed by atoms with Gasteiger partial charge in [-0.3, -0.25) is 25.2 Å². The summed E-state index contributed by atoms with van der Waals surface area (Å²) in [6.45, 7) is 5.46. The molecule has 0 radical (unpaired) electrons. The van der Waals surface area contributed by atoms with Crippen LogP contribution >= 0.6 is 11.3 Å². The topological polar surface area (TPSA) is 125 Å². The van der Waals surface area contributed by atoms with E-state index in [0.29, 0.717) is 18.1 Å². The maximum atomic E-state index is 12.5. The lowest BCUT2D eigenvalue weighted by molar-refractivity contribution is -0.119. The number of rotatable bonds is 7. The maximum absolute atomic E-state index is 12.5. The summed E-state index contributed by atoms with van der Waals surface area (Å²) in [4.78, 5) is 35.6. The van der Waals surface area contributed by atoms with Crippen LogP contribution in [0.5, 0.6) is 0 Å². The molecule has 1 aromatic heterocycles. The number of nitrogens with zero attached hydrogens (tertiary/aromatic N) is 1. The molecule has 156 valence electrons. The van der Waals surface area contributed by atoms with Crippen molar-refractivity contribution in [2.75, 3.05) is 18.4 Å². The predicted octanol–water partition coefficient (Wildman–Crippen LogP) is 1.81. The van der Waals surface area contributed by atoms with Crippen LogP contribution in [0.3, 0.4) is 0 Å². The van der Waals surface area contributed by atoms with Gasteiger partial charge in [-0.25, -0.2) is 8.42 Å². The number of hydrogen-bond acceptors (Lipinski definition) is 6. The van der Waals surface area contributed by atoms with Gasteiger partial charge in [-0.15, -0.1) is 11.3 Å². The van der Waals surface area contributed by atoms with Gasteiger partial charge in [0.05, 0.1) is 10.5 Å². The van der Waals surface area contributed by atoms with Crippen LogP contribution in [0.15, 0.2) is 40.6 Å². The molecule has 0 spiro atoms. The molecule has 0 aliphatic rings. The Morgan fingerprint density at radius 2 is 1.59 bits per heavy atom. The van der Waals surface area contributed by atoms with Gasteiger partial charge < -0.3 is 5.32 Å². The summed E-state index contributed by atoms with van der Waals surface area (Å²) in [5.41, 5.74) is 4.84. The van der Waals surface area contributed by atoms with Crippen LogP contribution in [-0.4, -0.2) is 43.5 Å². The van der Waals surface area contributed by atoms with Crippen LogP contribution < -0.4 is 16.2 Å². The fourth-order valence-corrected chi connectivity index (χ4v) is 4.70. The highest BCUT2D eigenvalue weighted by Gasteiger charge is 2.22. The fraction of sp³-hybridized carbons (Fsp3) is 0.278. The van der Waals surface area contributed by atoms with E-state index in [2.05, 4.69) is 16.2 Å². The summed E-state index contributed by atoms with van der Waals surface area (Å²) < 4.78 is 26.4. The molecule has 0 aliphatic carbocycles. The Morgan fingerprint density at radius 3 is 2.14 bits per heavy atom. The Morgan fingerprint density at radius 1 is 0.966 bits per heavy atom. The number of benzene rings is 1. The average molecular weight is 439 g/mol. The van der Waals surface area contributed by atoms with Crippen molar-refractivity contribution in [1.82, 2.24) is 15.2 Å². The zero-order chi connectivity index (χ0) is 21.6. The highest BCUT2D eigenvalue weighted by molar-refractivity contribution is 7.89. The number of carbonyl (C=O) groups is 3. The summed E-state index contributed by atoms with van der Waals surface area (Å²) in [7, 11) is -3.61. The molecule has 3 amide bonds. The minimum Gasteiger partial charge on any atom is -0.313 e. The monoisotopic (exact) mass is 438 g/mol. The van der Waals surface area contributed by atoms with E-state index in [1.54, 1.807) is 19.2 Å². The van der Waals surface area contributed by atoms with Crippen molar-refractivity contribution in [3.8, 4) is 0 Å². The molecule has 1 aromatic carbocycles. The zero-order valence-corrected chi connectivity index (χ0v) is 17.8. The number of nitrogens with one attached hydrogen (secondary N) is 3. The van der Waals surface area contributed by atoms with E-state index in [9.17, 15) is 22.8 Å². The normalized spacial score (nSPS) is 11.2. The van der Waals surface area contributed by atoms with Crippen LogP contribution in [0.4, 0.5) is 5.00 Å². The molecule has 3 N–H and O–H groups in total. The molecule has 0 saturated heterocycles. The molecule has 2 aromatic rings. The van der Waals surface area contributed by atoms with E-state index in [1.807, 2.05) is 0 Å². The van der Waals surface area contributed by atoms with Crippen molar-refractivity contribution in [1.29, 1.82) is 0 Å². The van der Waals surface area contributed by atoms with Crippen molar-refractivity contribution in [3.05, 3.63) is 46.8 Å². The van der Waals surface area contributed by atoms with Crippen LogP contribution in [0.1, 0.15) is 41.5 Å². The SMILES string of the molecule is CCN(CC)S(=O)(=O)c1ccc(C(=O)Nc2sccc2C(=O)NNC(C)=O)cc1. The van der Waals surface area contributed by atoms with Crippen LogP contribution in [0, 0.1) is 0 Å². The number of hydrogen-bond donors (Lipinski definition) is 3. The van der Waals surface area contributed by atoms with Crippen molar-refractivity contribution in [2.24, 2.45) is 0 Å². The summed E-state index contributed by atoms with van der Waals surface area (Å²) in [5, 5.41) is 4.55. The Kier molecular flexibility index (Phi) is 7.48. The largest absolute Gasteiger partial charge is 0.313 e. The molecule has 0 fully saturated rings. The molecular formula is C18H22N4O5S2. The third-order valence-corrected chi connectivity index (χ3v) is 6.84. The van der Waals surface area contributed by atoms with Crippen LogP contribution in [-0.2, 0) is 14.8 Å². The Hall–Kier alpha value is -2.76. The smallest absolute Gasteiger partial charge is 0.272 e. The zero-order valence-electron chi connectivity index (χ0n) is 16.2. The van der Waals surface area contributed by atoms with Gasteiger partial charge in [0.15, 0.2) is 0 Å². The highest BCUT2D eigenvalue weighted by Crippen LogP contribution is 2.24. The minimum absolute atomic E-state index is 0.101. The number of anilines is 1. The molecule has 11 heteroatoms. The van der Waals surface area contributed by atoms with Crippen molar-refractivity contribution >= 4 is 44.1 Å². The number of amides is 3. The lowest BCUT2D eigenvalue weighted by Gasteiger charge is -2.18. The summed E-state index contributed by atoms with van der Waals surface area (Å²) in [6, 6.07) is 7.09. The second kappa shape index (κ2) is 9.63. The number of sulfonamides is 1. The molecule has 0 bridgehead atoms.